The van der Waals surface area contributed by atoms with Crippen LogP contribution in [0.3, 0.4) is 0 Å². The molecule has 0 atom stereocenters. The molecular weight excluding hydrogens is 226 g/mol. The topological polar surface area (TPSA) is 30.0 Å². The first-order valence-electron chi connectivity index (χ1n) is 4.71. The summed E-state index contributed by atoms with van der Waals surface area (Å²) in [6, 6.07) is 3.79. The van der Waals surface area contributed by atoms with Crippen LogP contribution >= 0.6 is 22.7 Å². The van der Waals surface area contributed by atoms with Crippen molar-refractivity contribution < 1.29 is 4.79 Å². The van der Waals surface area contributed by atoms with Crippen LogP contribution in [0.25, 0.3) is 9.88 Å². The fourth-order valence-corrected chi connectivity index (χ4v) is 3.07. The van der Waals surface area contributed by atoms with E-state index < -0.39 is 0 Å². The fourth-order valence-electron chi connectivity index (χ4n) is 1.20. The van der Waals surface area contributed by atoms with Gasteiger partial charge < -0.3 is 0 Å². The molecule has 0 radical (unpaired) electrons. The third-order valence-electron chi connectivity index (χ3n) is 2.07. The zero-order valence-corrected chi connectivity index (χ0v) is 10.2. The van der Waals surface area contributed by atoms with Gasteiger partial charge in [0.15, 0.2) is 6.29 Å². The molecule has 0 unspecified atom stereocenters. The van der Waals surface area contributed by atoms with E-state index in [0.717, 1.165) is 26.7 Å². The van der Waals surface area contributed by atoms with Gasteiger partial charge in [0.05, 0.1) is 15.4 Å². The van der Waals surface area contributed by atoms with Gasteiger partial charge in [-0.2, -0.15) is 0 Å². The average molecular weight is 237 g/mol. The number of carbonyl (C=O) groups is 1. The van der Waals surface area contributed by atoms with E-state index in [9.17, 15) is 4.79 Å². The van der Waals surface area contributed by atoms with Crippen LogP contribution in [0.4, 0.5) is 0 Å². The summed E-state index contributed by atoms with van der Waals surface area (Å²) in [5.41, 5.74) is 1.12. The number of aldehydes is 1. The third-order valence-corrected chi connectivity index (χ3v) is 4.11. The van der Waals surface area contributed by atoms with Gasteiger partial charge in [0.2, 0.25) is 0 Å². The molecule has 0 bridgehead atoms. The van der Waals surface area contributed by atoms with E-state index in [1.54, 1.807) is 11.3 Å². The van der Waals surface area contributed by atoms with Gasteiger partial charge in [0.1, 0.15) is 5.01 Å². The van der Waals surface area contributed by atoms with E-state index >= 15 is 0 Å². The Morgan fingerprint density at radius 1 is 1.40 bits per heavy atom. The van der Waals surface area contributed by atoms with Crippen molar-refractivity contribution in [3.63, 3.8) is 0 Å². The van der Waals surface area contributed by atoms with E-state index in [2.05, 4.69) is 24.2 Å². The minimum Gasteiger partial charge on any atom is -0.297 e. The molecule has 0 aliphatic carbocycles. The molecule has 0 spiro atoms. The van der Waals surface area contributed by atoms with Gasteiger partial charge >= 0.3 is 0 Å². The molecule has 2 heterocycles. The second-order valence-corrected chi connectivity index (χ2v) is 5.53. The van der Waals surface area contributed by atoms with Crippen LogP contribution in [0, 0.1) is 0 Å². The third kappa shape index (κ3) is 2.16. The van der Waals surface area contributed by atoms with Crippen molar-refractivity contribution in [3.05, 3.63) is 28.1 Å². The van der Waals surface area contributed by atoms with E-state index in [4.69, 9.17) is 0 Å². The van der Waals surface area contributed by atoms with E-state index in [-0.39, 0.29) is 0 Å². The first-order chi connectivity index (χ1) is 7.20. The lowest BCUT2D eigenvalue weighted by Crippen LogP contribution is -1.85. The van der Waals surface area contributed by atoms with Gasteiger partial charge in [-0.3, -0.25) is 4.79 Å². The smallest absolute Gasteiger partial charge is 0.160 e. The zero-order valence-electron chi connectivity index (χ0n) is 8.56. The summed E-state index contributed by atoms with van der Waals surface area (Å²) < 4.78 is 0. The van der Waals surface area contributed by atoms with E-state index in [0.29, 0.717) is 5.92 Å². The summed E-state index contributed by atoms with van der Waals surface area (Å²) in [5.74, 6) is 0.459. The summed E-state index contributed by atoms with van der Waals surface area (Å²) in [5, 5.41) is 3.09. The number of nitrogens with zero attached hydrogens (tertiary/aromatic N) is 1. The number of carbonyl (C=O) groups excluding carboxylic acids is 1. The summed E-state index contributed by atoms with van der Waals surface area (Å²) in [6.07, 6.45) is 0.880. The number of aromatic nitrogens is 1. The first-order valence-corrected chi connectivity index (χ1v) is 6.41. The molecule has 15 heavy (non-hydrogen) atoms. The van der Waals surface area contributed by atoms with Crippen LogP contribution in [0.2, 0.25) is 0 Å². The van der Waals surface area contributed by atoms with Gasteiger partial charge in [-0.15, -0.1) is 22.7 Å². The maximum atomic E-state index is 10.6. The van der Waals surface area contributed by atoms with Crippen molar-refractivity contribution in [1.29, 1.82) is 0 Å². The second kappa shape index (κ2) is 4.24. The summed E-state index contributed by atoms with van der Waals surface area (Å²) in [4.78, 5) is 16.9. The minimum absolute atomic E-state index is 0.459. The van der Waals surface area contributed by atoms with Crippen LogP contribution in [0.15, 0.2) is 17.5 Å². The SMILES string of the molecule is CC(C)c1csc(-c2ccc(C=O)s2)n1. The van der Waals surface area contributed by atoms with Crippen molar-refractivity contribution in [2.45, 2.75) is 19.8 Å². The monoisotopic (exact) mass is 237 g/mol. The van der Waals surface area contributed by atoms with Crippen molar-refractivity contribution in [3.8, 4) is 9.88 Å². The van der Waals surface area contributed by atoms with Gasteiger partial charge in [0, 0.05) is 5.38 Å². The maximum Gasteiger partial charge on any atom is 0.160 e. The molecule has 78 valence electrons. The quantitative estimate of drug-likeness (QED) is 0.760. The Balaban J connectivity index is 2.32. The Morgan fingerprint density at radius 3 is 2.73 bits per heavy atom. The summed E-state index contributed by atoms with van der Waals surface area (Å²) in [6.45, 7) is 4.26. The highest BCUT2D eigenvalue weighted by atomic mass is 32.1. The number of hydrogen-bond donors (Lipinski definition) is 0. The Bertz CT molecular complexity index is 470. The Morgan fingerprint density at radius 2 is 2.20 bits per heavy atom. The first kappa shape index (κ1) is 10.5. The molecule has 0 fully saturated rings. The highest BCUT2D eigenvalue weighted by molar-refractivity contribution is 7.21. The molecule has 0 aromatic carbocycles. The van der Waals surface area contributed by atoms with Gasteiger partial charge in [-0.1, -0.05) is 13.8 Å². The maximum absolute atomic E-state index is 10.6. The normalized spacial score (nSPS) is 10.9. The molecule has 0 aliphatic rings. The highest BCUT2D eigenvalue weighted by Gasteiger charge is 2.09. The molecular formula is C11H11NOS2. The van der Waals surface area contributed by atoms with E-state index in [1.165, 1.54) is 11.3 Å². The minimum atomic E-state index is 0.459. The largest absolute Gasteiger partial charge is 0.297 e. The summed E-state index contributed by atoms with van der Waals surface area (Å²) in [7, 11) is 0. The predicted octanol–water partition coefficient (Wildman–Crippen LogP) is 3.81. The molecule has 2 nitrogen and oxygen atoms in total. The molecule has 0 saturated heterocycles. The Kier molecular flexibility index (Phi) is 2.98. The van der Waals surface area contributed by atoms with Gasteiger partial charge in [-0.05, 0) is 18.1 Å². The molecule has 0 amide bonds. The van der Waals surface area contributed by atoms with Crippen molar-refractivity contribution in [1.82, 2.24) is 4.98 Å². The molecule has 4 heteroatoms. The van der Waals surface area contributed by atoms with Crippen molar-refractivity contribution in [2.24, 2.45) is 0 Å². The fraction of sp³-hybridized carbons (Fsp3) is 0.273. The van der Waals surface area contributed by atoms with Crippen LogP contribution < -0.4 is 0 Å². The van der Waals surface area contributed by atoms with Gasteiger partial charge in [-0.25, -0.2) is 4.98 Å². The zero-order chi connectivity index (χ0) is 10.8. The number of hydrogen-bond acceptors (Lipinski definition) is 4. The second-order valence-electron chi connectivity index (χ2n) is 3.55. The van der Waals surface area contributed by atoms with Crippen molar-refractivity contribution in [2.75, 3.05) is 0 Å². The van der Waals surface area contributed by atoms with Crippen LogP contribution in [-0.4, -0.2) is 11.3 Å². The standard InChI is InChI=1S/C11H11NOS2/c1-7(2)9-6-14-11(12-9)10-4-3-8(5-13)15-10/h3-7H,1-2H3. The molecule has 0 N–H and O–H groups in total. The molecule has 0 aliphatic heterocycles. The average Bonchev–Trinajstić information content (AvgIpc) is 2.86. The number of thiophene rings is 1. The highest BCUT2D eigenvalue weighted by Crippen LogP contribution is 2.31. The lowest BCUT2D eigenvalue weighted by Gasteiger charge is -1.96. The van der Waals surface area contributed by atoms with Crippen LogP contribution in [0.5, 0.6) is 0 Å². The number of thiazole rings is 1. The van der Waals surface area contributed by atoms with Crippen molar-refractivity contribution >= 4 is 29.0 Å². The van der Waals surface area contributed by atoms with Gasteiger partial charge in [0.25, 0.3) is 0 Å². The van der Waals surface area contributed by atoms with Crippen LogP contribution in [-0.2, 0) is 0 Å². The molecule has 2 aromatic heterocycles. The molecule has 0 saturated carbocycles. The summed E-state index contributed by atoms with van der Waals surface area (Å²) >= 11 is 3.13. The Hall–Kier alpha value is -1.00. The Labute approximate surface area is 96.6 Å². The van der Waals surface area contributed by atoms with E-state index in [1.807, 2.05) is 12.1 Å². The lowest BCUT2D eigenvalue weighted by atomic mass is 10.2. The number of rotatable bonds is 3. The lowest BCUT2D eigenvalue weighted by molar-refractivity contribution is 0.112. The molecule has 2 rings (SSSR count). The van der Waals surface area contributed by atoms with Crippen LogP contribution in [0.1, 0.15) is 35.1 Å². The predicted molar refractivity (Wildman–Crippen MR) is 64.9 cm³/mol. The molecule has 2 aromatic rings.